The van der Waals surface area contributed by atoms with Crippen molar-refractivity contribution < 1.29 is 43.0 Å². The van der Waals surface area contributed by atoms with E-state index in [-0.39, 0.29) is 60.1 Å². The molecule has 0 radical (unpaired) electrons. The second-order valence-corrected chi connectivity index (χ2v) is 20.6. The van der Waals surface area contributed by atoms with Crippen LogP contribution in [0.25, 0.3) is 10.9 Å². The quantitative estimate of drug-likeness (QED) is 0.0592. The lowest BCUT2D eigenvalue weighted by molar-refractivity contribution is -0.148. The molecule has 2 saturated heterocycles. The number of methoxy groups -OCH3 is 2. The molecule has 7 amide bonds. The number of carbonyl (C=O) groups excluding carboxylic acids is 7. The van der Waals surface area contributed by atoms with Crippen molar-refractivity contribution in [3.8, 4) is 0 Å². The van der Waals surface area contributed by atoms with Crippen molar-refractivity contribution in [2.75, 3.05) is 47.9 Å². The van der Waals surface area contributed by atoms with Gasteiger partial charge in [0, 0.05) is 70.7 Å². The van der Waals surface area contributed by atoms with Crippen molar-refractivity contribution in [1.29, 1.82) is 0 Å². The minimum atomic E-state index is -0.967. The number of fused-ring (bicyclic) bond motifs is 1. The Balaban J connectivity index is 0.00000432. The van der Waals surface area contributed by atoms with Crippen molar-refractivity contribution in [3.63, 3.8) is 0 Å². The molecule has 400 valence electrons. The number of carbonyl (C=O) groups is 7. The normalized spacial score (nSPS) is 18.5. The molecule has 2 aliphatic heterocycles. The SMILES string of the molecule is CCC.CCC(C)C(C(CC(=O)N1CCCC1C(OC)C(C)C(=O)N[C@@H](Cc1c[nH]c2ccccc12)C(N)=O)OC)N(C)C(=O)[C@@H](NC(=O)C(C(C)C)N(C)CCCCCCN1C(=O)CCC1=O)C(C)C. The van der Waals surface area contributed by atoms with E-state index in [2.05, 4.69) is 29.5 Å². The molecular weight excluding hydrogens is 905 g/mol. The molecule has 17 heteroatoms. The molecule has 0 saturated carbocycles. The Labute approximate surface area is 424 Å². The molecule has 1 aromatic heterocycles. The van der Waals surface area contributed by atoms with E-state index in [9.17, 15) is 33.6 Å². The number of benzene rings is 1. The fourth-order valence-corrected chi connectivity index (χ4v) is 10.3. The number of ether oxygens (including phenoxy) is 2. The van der Waals surface area contributed by atoms with Crippen LogP contribution in [0, 0.1) is 23.7 Å². The number of aromatic amines is 1. The number of nitrogens with one attached hydrogen (secondary N) is 3. The molecule has 4 rings (SSSR count). The van der Waals surface area contributed by atoms with E-state index in [0.717, 1.165) is 42.1 Å². The van der Waals surface area contributed by atoms with E-state index in [1.807, 2.05) is 84.0 Å². The number of nitrogens with zero attached hydrogens (tertiary/aromatic N) is 4. The summed E-state index contributed by atoms with van der Waals surface area (Å²) in [4.78, 5) is 104. The minimum absolute atomic E-state index is 0.0293. The fourth-order valence-electron chi connectivity index (χ4n) is 10.3. The van der Waals surface area contributed by atoms with Gasteiger partial charge in [-0.25, -0.2) is 0 Å². The smallest absolute Gasteiger partial charge is 0.245 e. The zero-order valence-electron chi connectivity index (χ0n) is 45.4. The first-order chi connectivity index (χ1) is 33.7. The Kier molecular flexibility index (Phi) is 25.2. The van der Waals surface area contributed by atoms with Crippen LogP contribution in [0.3, 0.4) is 0 Å². The Hall–Kier alpha value is -4.87. The number of unbranched alkanes of at least 4 members (excludes halogenated alkanes) is 3. The molecular formula is C54H90N8O9. The van der Waals surface area contributed by atoms with Gasteiger partial charge in [-0.1, -0.05) is 106 Å². The average Bonchev–Trinajstić information content (AvgIpc) is 4.07. The monoisotopic (exact) mass is 995 g/mol. The second-order valence-electron chi connectivity index (χ2n) is 20.6. The number of rotatable bonds is 28. The summed E-state index contributed by atoms with van der Waals surface area (Å²) in [6.45, 7) is 19.4. The molecule has 2 aliphatic rings. The first kappa shape index (κ1) is 60.4. The first-order valence-corrected chi connectivity index (χ1v) is 26.3. The van der Waals surface area contributed by atoms with Gasteiger partial charge in [-0.05, 0) is 68.7 Å². The average molecular weight is 995 g/mol. The highest BCUT2D eigenvalue weighted by Crippen LogP contribution is 2.30. The Morgan fingerprint density at radius 2 is 1.49 bits per heavy atom. The highest BCUT2D eigenvalue weighted by Gasteiger charge is 2.43. The highest BCUT2D eigenvalue weighted by molar-refractivity contribution is 6.01. The van der Waals surface area contributed by atoms with Crippen LogP contribution >= 0.6 is 0 Å². The van der Waals surface area contributed by atoms with E-state index in [0.29, 0.717) is 51.7 Å². The van der Waals surface area contributed by atoms with Gasteiger partial charge in [-0.15, -0.1) is 0 Å². The van der Waals surface area contributed by atoms with E-state index in [4.69, 9.17) is 15.2 Å². The summed E-state index contributed by atoms with van der Waals surface area (Å²) >= 11 is 0. The second kappa shape index (κ2) is 29.6. The van der Waals surface area contributed by atoms with Gasteiger partial charge in [0.15, 0.2) is 0 Å². The van der Waals surface area contributed by atoms with E-state index in [1.54, 1.807) is 30.9 Å². The van der Waals surface area contributed by atoms with Gasteiger partial charge in [0.25, 0.3) is 0 Å². The standard InChI is InChI=1S/C51H82N8O9.C3H8/c1-12-33(6)46(57(9)51(66)44(31(2)3)55-50(65)45(32(4)5)56(8)25-17-13-14-18-26-59-41(60)23-24-42(59)61)40(67-10)29-43(62)58-27-19-22-39(58)47(68-11)34(7)49(64)54-38(48(52)63)28-35-30-53-37-21-16-15-20-36(35)37;1-3-2/h15-16,20-21,30-34,38-40,44-47,53H,12-14,17-19,22-29H2,1-11H3,(H2,52,63)(H,54,64)(H,55,65);3H2,1-2H3/t33?,34?,38-,39?,40?,44-,45?,46?,47?;/m0./s1. The molecule has 0 bridgehead atoms. The van der Waals surface area contributed by atoms with Crippen LogP contribution in [-0.4, -0.2) is 156 Å². The Bertz CT molecular complexity index is 2030. The van der Waals surface area contributed by atoms with E-state index in [1.165, 1.54) is 18.4 Å². The molecule has 0 spiro atoms. The summed E-state index contributed by atoms with van der Waals surface area (Å²) in [6.07, 6.45) is 7.80. The van der Waals surface area contributed by atoms with Gasteiger partial charge in [0.1, 0.15) is 12.1 Å². The topological polar surface area (TPSA) is 217 Å². The van der Waals surface area contributed by atoms with Crippen LogP contribution in [0.5, 0.6) is 0 Å². The van der Waals surface area contributed by atoms with Crippen molar-refractivity contribution in [3.05, 3.63) is 36.0 Å². The molecule has 3 heterocycles. The fraction of sp³-hybridized carbons (Fsp3) is 0.722. The number of amides is 7. The summed E-state index contributed by atoms with van der Waals surface area (Å²) in [5, 5.41) is 6.91. The summed E-state index contributed by atoms with van der Waals surface area (Å²) in [5.74, 6) is -3.07. The third-order valence-corrected chi connectivity index (χ3v) is 14.4. The Morgan fingerprint density at radius 1 is 0.859 bits per heavy atom. The van der Waals surface area contributed by atoms with Gasteiger partial charge < -0.3 is 40.6 Å². The first-order valence-electron chi connectivity index (χ1n) is 26.3. The molecule has 5 N–H and O–H groups in total. The van der Waals surface area contributed by atoms with Crippen LogP contribution in [0.4, 0.5) is 0 Å². The van der Waals surface area contributed by atoms with Crippen LogP contribution < -0.4 is 16.4 Å². The van der Waals surface area contributed by atoms with E-state index < -0.39 is 60.1 Å². The van der Waals surface area contributed by atoms with Crippen LogP contribution in [0.15, 0.2) is 30.5 Å². The zero-order chi connectivity index (χ0) is 53.1. The predicted octanol–water partition coefficient (Wildman–Crippen LogP) is 5.82. The molecule has 71 heavy (non-hydrogen) atoms. The zero-order valence-corrected chi connectivity index (χ0v) is 45.4. The third kappa shape index (κ3) is 16.6. The van der Waals surface area contributed by atoms with Gasteiger partial charge >= 0.3 is 0 Å². The Morgan fingerprint density at radius 3 is 2.07 bits per heavy atom. The molecule has 9 atom stereocenters. The van der Waals surface area contributed by atoms with Crippen LogP contribution in [0.2, 0.25) is 0 Å². The predicted molar refractivity (Wildman–Crippen MR) is 278 cm³/mol. The lowest BCUT2D eigenvalue weighted by Gasteiger charge is -2.41. The number of hydrogen-bond donors (Lipinski definition) is 4. The molecule has 1 aromatic carbocycles. The minimum Gasteiger partial charge on any atom is -0.379 e. The van der Waals surface area contributed by atoms with Gasteiger partial charge in [-0.3, -0.25) is 43.4 Å². The molecule has 2 fully saturated rings. The lowest BCUT2D eigenvalue weighted by atomic mass is 9.89. The van der Waals surface area contributed by atoms with Crippen molar-refractivity contribution >= 4 is 52.3 Å². The number of likely N-dealkylation sites (N-methyl/N-ethyl adjacent to an activating group) is 2. The molecule has 0 aliphatic carbocycles. The number of primary amides is 1. The van der Waals surface area contributed by atoms with Gasteiger partial charge in [0.2, 0.25) is 41.4 Å². The molecule has 7 unspecified atom stereocenters. The van der Waals surface area contributed by atoms with Crippen molar-refractivity contribution in [1.82, 2.24) is 35.2 Å². The third-order valence-electron chi connectivity index (χ3n) is 14.4. The number of hydrogen-bond acceptors (Lipinski definition) is 10. The van der Waals surface area contributed by atoms with Crippen LogP contribution in [-0.2, 0) is 49.5 Å². The maximum absolute atomic E-state index is 14.6. The van der Waals surface area contributed by atoms with E-state index >= 15 is 0 Å². The highest BCUT2D eigenvalue weighted by atomic mass is 16.5. The maximum atomic E-state index is 14.6. The van der Waals surface area contributed by atoms with Crippen LogP contribution in [0.1, 0.15) is 139 Å². The number of imide groups is 1. The summed E-state index contributed by atoms with van der Waals surface area (Å²) < 4.78 is 12.1. The summed E-state index contributed by atoms with van der Waals surface area (Å²) in [5.41, 5.74) is 7.56. The van der Waals surface area contributed by atoms with Gasteiger partial charge in [-0.2, -0.15) is 0 Å². The summed E-state index contributed by atoms with van der Waals surface area (Å²) in [7, 11) is 6.70. The number of para-hydroxylation sites is 1. The van der Waals surface area contributed by atoms with Crippen molar-refractivity contribution in [2.24, 2.45) is 29.4 Å². The molecule has 17 nitrogen and oxygen atoms in total. The largest absolute Gasteiger partial charge is 0.379 e. The van der Waals surface area contributed by atoms with Crippen molar-refractivity contribution in [2.45, 2.75) is 182 Å². The number of H-pyrrole nitrogens is 1. The summed E-state index contributed by atoms with van der Waals surface area (Å²) in [6, 6.07) is 4.45. The van der Waals surface area contributed by atoms with Gasteiger partial charge in [0.05, 0.1) is 42.7 Å². The number of nitrogens with two attached hydrogens (primary N) is 1. The number of likely N-dealkylation sites (tertiary alicyclic amines) is 2. The molecule has 2 aromatic rings. The number of aromatic nitrogens is 1. The maximum Gasteiger partial charge on any atom is 0.245 e. The lowest BCUT2D eigenvalue weighted by Crippen LogP contribution is -2.60.